The highest BCUT2D eigenvalue weighted by atomic mass is 32.2. The van der Waals surface area contributed by atoms with Crippen molar-refractivity contribution in [3.8, 4) is 5.75 Å². The number of carbonyl (C=O) groups is 2. The molecule has 0 bridgehead atoms. The number of amides is 2. The van der Waals surface area contributed by atoms with Crippen LogP contribution < -0.4 is 14.4 Å². The number of methoxy groups -OCH3 is 1. The second-order valence-corrected chi connectivity index (χ2v) is 12.4. The van der Waals surface area contributed by atoms with Crippen molar-refractivity contribution in [2.24, 2.45) is 0 Å². The summed E-state index contributed by atoms with van der Waals surface area (Å²) in [6.45, 7) is 3.39. The summed E-state index contributed by atoms with van der Waals surface area (Å²) in [5.74, 6) is -0.187. The first-order valence-electron chi connectivity index (χ1n) is 14.1. The Kier molecular flexibility index (Phi) is 10.0. The maximum atomic E-state index is 14.0. The van der Waals surface area contributed by atoms with Gasteiger partial charge in [0.1, 0.15) is 18.3 Å². The van der Waals surface area contributed by atoms with Crippen molar-refractivity contribution in [3.05, 3.63) is 90.0 Å². The number of benzene rings is 3. The third kappa shape index (κ3) is 7.67. The first kappa shape index (κ1) is 30.1. The lowest BCUT2D eigenvalue weighted by atomic mass is 9.95. The predicted molar refractivity (Wildman–Crippen MR) is 160 cm³/mol. The van der Waals surface area contributed by atoms with Crippen molar-refractivity contribution in [1.29, 1.82) is 0 Å². The highest BCUT2D eigenvalue weighted by molar-refractivity contribution is 7.92. The minimum atomic E-state index is -4.13. The van der Waals surface area contributed by atoms with Gasteiger partial charge in [0, 0.05) is 12.6 Å². The number of ether oxygens (including phenoxy) is 1. The Hall–Kier alpha value is -3.85. The molecule has 9 heteroatoms. The Labute approximate surface area is 243 Å². The Bertz CT molecular complexity index is 1400. The van der Waals surface area contributed by atoms with E-state index in [9.17, 15) is 18.0 Å². The van der Waals surface area contributed by atoms with Crippen LogP contribution in [0.25, 0.3) is 0 Å². The molecule has 0 unspecified atom stereocenters. The molecule has 1 fully saturated rings. The zero-order chi connectivity index (χ0) is 29.4. The summed E-state index contributed by atoms with van der Waals surface area (Å²) in [4.78, 5) is 28.9. The number of sulfonamides is 1. The van der Waals surface area contributed by atoms with Gasteiger partial charge in [-0.2, -0.15) is 0 Å². The average molecular weight is 578 g/mol. The van der Waals surface area contributed by atoms with E-state index >= 15 is 0 Å². The van der Waals surface area contributed by atoms with Crippen LogP contribution in [0.5, 0.6) is 5.75 Å². The van der Waals surface area contributed by atoms with Crippen LogP contribution >= 0.6 is 0 Å². The molecule has 3 aromatic carbocycles. The Morgan fingerprint density at radius 2 is 1.56 bits per heavy atom. The first-order chi connectivity index (χ1) is 19.7. The van der Waals surface area contributed by atoms with Crippen molar-refractivity contribution in [2.45, 2.75) is 69.5 Å². The molecule has 1 aliphatic rings. The van der Waals surface area contributed by atoms with Crippen LogP contribution in [0.3, 0.4) is 0 Å². The van der Waals surface area contributed by atoms with Gasteiger partial charge < -0.3 is 15.0 Å². The standard InChI is InChI=1S/C32H39N3O5S/c1-24-14-16-26(17-15-24)22-34(25(2)32(37)33-27-10-6-4-7-11-27)31(36)23-35(28-12-8-5-9-13-28)41(38,39)30-20-18-29(40-3)19-21-30/h5,8-9,12-21,25,27H,4,6-7,10-11,22-23H2,1-3H3,(H,33,37)/t25-/m0/s1. The average Bonchev–Trinajstić information content (AvgIpc) is 3.00. The molecule has 1 aliphatic carbocycles. The number of rotatable bonds is 11. The van der Waals surface area contributed by atoms with Crippen LogP contribution in [-0.4, -0.2) is 50.9 Å². The number of carbonyl (C=O) groups excluding carboxylic acids is 2. The second kappa shape index (κ2) is 13.7. The molecular weight excluding hydrogens is 538 g/mol. The van der Waals surface area contributed by atoms with Crippen molar-refractivity contribution >= 4 is 27.5 Å². The van der Waals surface area contributed by atoms with Crippen LogP contribution in [0.1, 0.15) is 50.2 Å². The Morgan fingerprint density at radius 3 is 2.17 bits per heavy atom. The molecule has 1 saturated carbocycles. The van der Waals surface area contributed by atoms with Gasteiger partial charge in [-0.1, -0.05) is 67.3 Å². The molecule has 0 saturated heterocycles. The molecule has 4 rings (SSSR count). The fraction of sp³-hybridized carbons (Fsp3) is 0.375. The molecule has 2 amide bonds. The van der Waals surface area contributed by atoms with Gasteiger partial charge in [0.05, 0.1) is 17.7 Å². The normalized spacial score (nSPS) is 14.6. The maximum Gasteiger partial charge on any atom is 0.264 e. The SMILES string of the molecule is COc1ccc(S(=O)(=O)N(CC(=O)N(Cc2ccc(C)cc2)[C@@H](C)C(=O)NC2CCCCC2)c2ccccc2)cc1. The van der Waals surface area contributed by atoms with Crippen molar-refractivity contribution < 1.29 is 22.7 Å². The van der Waals surface area contributed by atoms with E-state index in [1.54, 1.807) is 49.4 Å². The molecule has 3 aromatic rings. The van der Waals surface area contributed by atoms with Crippen molar-refractivity contribution in [2.75, 3.05) is 18.0 Å². The van der Waals surface area contributed by atoms with Gasteiger partial charge >= 0.3 is 0 Å². The third-order valence-electron chi connectivity index (χ3n) is 7.56. The zero-order valence-electron chi connectivity index (χ0n) is 24.0. The number of para-hydroxylation sites is 1. The van der Waals surface area contributed by atoms with Crippen LogP contribution in [0, 0.1) is 6.92 Å². The van der Waals surface area contributed by atoms with E-state index in [1.165, 1.54) is 24.1 Å². The highest BCUT2D eigenvalue weighted by Crippen LogP contribution is 2.26. The lowest BCUT2D eigenvalue weighted by Gasteiger charge is -2.33. The van der Waals surface area contributed by atoms with Crippen LogP contribution in [0.4, 0.5) is 5.69 Å². The molecular formula is C32H39N3O5S. The predicted octanol–water partition coefficient (Wildman–Crippen LogP) is 5.07. The van der Waals surface area contributed by atoms with Crippen molar-refractivity contribution in [3.63, 3.8) is 0 Å². The van der Waals surface area contributed by atoms with Crippen molar-refractivity contribution in [1.82, 2.24) is 10.2 Å². The number of hydrogen-bond acceptors (Lipinski definition) is 5. The van der Waals surface area contributed by atoms with E-state index in [2.05, 4.69) is 5.32 Å². The molecule has 0 radical (unpaired) electrons. The van der Waals surface area contributed by atoms with Gasteiger partial charge in [-0.25, -0.2) is 8.42 Å². The maximum absolute atomic E-state index is 14.0. The minimum Gasteiger partial charge on any atom is -0.497 e. The lowest BCUT2D eigenvalue weighted by molar-refractivity contribution is -0.139. The number of aryl methyl sites for hydroxylation is 1. The van der Waals surface area contributed by atoms with E-state index < -0.39 is 28.5 Å². The number of nitrogens with one attached hydrogen (secondary N) is 1. The highest BCUT2D eigenvalue weighted by Gasteiger charge is 2.33. The molecule has 218 valence electrons. The second-order valence-electron chi connectivity index (χ2n) is 10.5. The molecule has 8 nitrogen and oxygen atoms in total. The molecule has 1 atom stereocenters. The van der Waals surface area contributed by atoms with Crippen LogP contribution in [0.15, 0.2) is 83.8 Å². The van der Waals surface area contributed by atoms with Crippen LogP contribution in [0.2, 0.25) is 0 Å². The summed E-state index contributed by atoms with van der Waals surface area (Å²) < 4.78 is 34.1. The fourth-order valence-corrected chi connectivity index (χ4v) is 6.45. The summed E-state index contributed by atoms with van der Waals surface area (Å²) in [5.41, 5.74) is 2.28. The summed E-state index contributed by atoms with van der Waals surface area (Å²) in [6, 6.07) is 21.6. The summed E-state index contributed by atoms with van der Waals surface area (Å²) in [6.07, 6.45) is 5.15. The van der Waals surface area contributed by atoms with Gasteiger partial charge in [-0.3, -0.25) is 13.9 Å². The quantitative estimate of drug-likeness (QED) is 0.344. The zero-order valence-corrected chi connectivity index (χ0v) is 24.8. The fourth-order valence-electron chi connectivity index (χ4n) is 5.04. The molecule has 0 aliphatic heterocycles. The van der Waals surface area contributed by atoms with Gasteiger partial charge in [0.2, 0.25) is 11.8 Å². The summed E-state index contributed by atoms with van der Waals surface area (Å²) >= 11 is 0. The minimum absolute atomic E-state index is 0.0307. The Balaban J connectivity index is 1.65. The third-order valence-corrected chi connectivity index (χ3v) is 9.35. The van der Waals surface area contributed by atoms with Crippen LogP contribution in [-0.2, 0) is 26.2 Å². The number of hydrogen-bond donors (Lipinski definition) is 1. The van der Waals surface area contributed by atoms with E-state index in [4.69, 9.17) is 4.74 Å². The summed E-state index contributed by atoms with van der Waals surface area (Å²) in [5, 5.41) is 3.12. The molecule has 0 spiro atoms. The number of nitrogens with zero attached hydrogens (tertiary/aromatic N) is 2. The van der Waals surface area contributed by atoms with Gasteiger partial charge in [0.15, 0.2) is 0 Å². The van der Waals surface area contributed by atoms with Gasteiger partial charge in [0.25, 0.3) is 10.0 Å². The first-order valence-corrected chi connectivity index (χ1v) is 15.5. The topological polar surface area (TPSA) is 96.0 Å². The van der Waals surface area contributed by atoms with Gasteiger partial charge in [-0.15, -0.1) is 0 Å². The Morgan fingerprint density at radius 1 is 0.927 bits per heavy atom. The molecule has 0 aromatic heterocycles. The van der Waals surface area contributed by atoms with E-state index in [-0.39, 0.29) is 23.4 Å². The lowest BCUT2D eigenvalue weighted by Crippen LogP contribution is -2.53. The molecule has 0 heterocycles. The monoisotopic (exact) mass is 577 g/mol. The van der Waals surface area contributed by atoms with E-state index in [0.717, 1.165) is 47.5 Å². The molecule has 1 N–H and O–H groups in total. The summed E-state index contributed by atoms with van der Waals surface area (Å²) in [7, 11) is -2.62. The largest absolute Gasteiger partial charge is 0.497 e. The van der Waals surface area contributed by atoms with E-state index in [0.29, 0.717) is 11.4 Å². The molecule has 41 heavy (non-hydrogen) atoms. The number of anilines is 1. The smallest absolute Gasteiger partial charge is 0.264 e. The van der Waals surface area contributed by atoms with Gasteiger partial charge in [-0.05, 0) is 68.7 Å². The van der Waals surface area contributed by atoms with E-state index in [1.807, 2.05) is 31.2 Å².